The molecule has 0 bridgehead atoms. The largest absolute Gasteiger partial charge is 0.469 e. The predicted molar refractivity (Wildman–Crippen MR) is 62.2 cm³/mol. The summed E-state index contributed by atoms with van der Waals surface area (Å²) in [5, 5.41) is 18.3. The van der Waals surface area contributed by atoms with Gasteiger partial charge in [0.1, 0.15) is 0 Å². The molecular weight excluding hydrogens is 218 g/mol. The zero-order valence-electron chi connectivity index (χ0n) is 9.99. The Hall–Kier alpha value is -1.86. The van der Waals surface area contributed by atoms with Crippen molar-refractivity contribution in [2.45, 2.75) is 26.4 Å². The Morgan fingerprint density at radius 2 is 2.12 bits per heavy atom. The minimum atomic E-state index is -0.378. The Labute approximate surface area is 100 Å². The standard InChI is InChI=1S/C13H15NO3/c1-3-10-4-9(7-14)5-11(12(10)8-15)6-13(16)17-2/h4-5,15H,3,6,8H2,1-2H3. The lowest BCUT2D eigenvalue weighted by Gasteiger charge is -2.12. The molecule has 0 saturated carbocycles. The number of carbonyl (C=O) groups is 1. The summed E-state index contributed by atoms with van der Waals surface area (Å²) in [7, 11) is 1.32. The molecule has 1 aromatic rings. The van der Waals surface area contributed by atoms with Crippen LogP contribution >= 0.6 is 0 Å². The normalized spacial score (nSPS) is 9.76. The third-order valence-electron chi connectivity index (χ3n) is 2.67. The molecule has 1 N–H and O–H groups in total. The Morgan fingerprint density at radius 1 is 1.47 bits per heavy atom. The molecule has 0 amide bonds. The topological polar surface area (TPSA) is 70.3 Å². The predicted octanol–water partition coefficient (Wildman–Crippen LogP) is 1.33. The summed E-state index contributed by atoms with van der Waals surface area (Å²) >= 11 is 0. The average molecular weight is 233 g/mol. The van der Waals surface area contributed by atoms with Crippen molar-refractivity contribution in [3.8, 4) is 6.07 Å². The summed E-state index contributed by atoms with van der Waals surface area (Å²) < 4.78 is 4.60. The van der Waals surface area contributed by atoms with E-state index < -0.39 is 0 Å². The molecule has 0 unspecified atom stereocenters. The SMILES string of the molecule is CCc1cc(C#N)cc(CC(=O)OC)c1CO. The maximum atomic E-state index is 11.3. The highest BCUT2D eigenvalue weighted by molar-refractivity contribution is 5.73. The molecule has 1 aromatic carbocycles. The van der Waals surface area contributed by atoms with E-state index in [9.17, 15) is 9.90 Å². The van der Waals surface area contributed by atoms with Crippen LogP contribution in [-0.4, -0.2) is 18.2 Å². The van der Waals surface area contributed by atoms with Gasteiger partial charge in [0, 0.05) is 0 Å². The van der Waals surface area contributed by atoms with Crippen LogP contribution < -0.4 is 0 Å². The van der Waals surface area contributed by atoms with Crippen molar-refractivity contribution >= 4 is 5.97 Å². The molecular formula is C13H15NO3. The Kier molecular flexibility index (Phi) is 4.68. The summed E-state index contributed by atoms with van der Waals surface area (Å²) in [6.07, 6.45) is 0.786. The quantitative estimate of drug-likeness (QED) is 0.796. The van der Waals surface area contributed by atoms with Crippen LogP contribution in [0.15, 0.2) is 12.1 Å². The van der Waals surface area contributed by atoms with Crippen molar-refractivity contribution in [1.82, 2.24) is 0 Å². The monoisotopic (exact) mass is 233 g/mol. The molecule has 0 aliphatic heterocycles. The highest BCUT2D eigenvalue weighted by Gasteiger charge is 2.12. The molecule has 90 valence electrons. The van der Waals surface area contributed by atoms with Gasteiger partial charge < -0.3 is 9.84 Å². The van der Waals surface area contributed by atoms with E-state index in [-0.39, 0.29) is 19.0 Å². The smallest absolute Gasteiger partial charge is 0.309 e. The molecule has 1 rings (SSSR count). The van der Waals surface area contributed by atoms with Gasteiger partial charge >= 0.3 is 5.97 Å². The highest BCUT2D eigenvalue weighted by Crippen LogP contribution is 2.19. The number of hydrogen-bond acceptors (Lipinski definition) is 4. The van der Waals surface area contributed by atoms with Crippen LogP contribution in [0, 0.1) is 11.3 Å². The van der Waals surface area contributed by atoms with Gasteiger partial charge in [0.05, 0.1) is 31.8 Å². The fourth-order valence-electron chi connectivity index (χ4n) is 1.77. The van der Waals surface area contributed by atoms with Crippen LogP contribution in [-0.2, 0) is 29.0 Å². The minimum Gasteiger partial charge on any atom is -0.469 e. The molecule has 0 aromatic heterocycles. The molecule has 4 nitrogen and oxygen atoms in total. The zero-order chi connectivity index (χ0) is 12.8. The first-order valence-electron chi connectivity index (χ1n) is 5.38. The second kappa shape index (κ2) is 6.02. The van der Waals surface area contributed by atoms with Crippen molar-refractivity contribution in [1.29, 1.82) is 5.26 Å². The molecule has 4 heteroatoms. The third kappa shape index (κ3) is 3.05. The number of esters is 1. The maximum Gasteiger partial charge on any atom is 0.309 e. The molecule has 0 heterocycles. The third-order valence-corrected chi connectivity index (χ3v) is 2.67. The molecule has 0 radical (unpaired) electrons. The lowest BCUT2D eigenvalue weighted by molar-refractivity contribution is -0.139. The summed E-state index contributed by atoms with van der Waals surface area (Å²) in [6.45, 7) is 1.80. The number of benzene rings is 1. The van der Waals surface area contributed by atoms with Crippen LogP contribution in [0.5, 0.6) is 0 Å². The van der Waals surface area contributed by atoms with Crippen molar-refractivity contribution in [3.05, 3.63) is 34.4 Å². The second-order valence-corrected chi connectivity index (χ2v) is 3.65. The number of ether oxygens (including phenoxy) is 1. The van der Waals surface area contributed by atoms with E-state index in [0.717, 1.165) is 11.1 Å². The van der Waals surface area contributed by atoms with E-state index in [1.54, 1.807) is 12.1 Å². The summed E-state index contributed by atoms with van der Waals surface area (Å²) in [5.41, 5.74) is 2.77. The first kappa shape index (κ1) is 13.2. The van der Waals surface area contributed by atoms with Crippen molar-refractivity contribution in [2.24, 2.45) is 0 Å². The number of carbonyl (C=O) groups excluding carboxylic acids is 1. The van der Waals surface area contributed by atoms with E-state index in [1.807, 2.05) is 6.92 Å². The van der Waals surface area contributed by atoms with Gasteiger partial charge in [-0.25, -0.2) is 0 Å². The first-order valence-corrected chi connectivity index (χ1v) is 5.38. The molecule has 0 aliphatic rings. The average Bonchev–Trinajstić information content (AvgIpc) is 2.37. The van der Waals surface area contributed by atoms with Crippen molar-refractivity contribution < 1.29 is 14.6 Å². The second-order valence-electron chi connectivity index (χ2n) is 3.65. The first-order chi connectivity index (χ1) is 8.15. The Morgan fingerprint density at radius 3 is 2.59 bits per heavy atom. The lowest BCUT2D eigenvalue weighted by Crippen LogP contribution is -2.09. The minimum absolute atomic E-state index is 0.0783. The van der Waals surface area contributed by atoms with Crippen LogP contribution in [0.25, 0.3) is 0 Å². The van der Waals surface area contributed by atoms with Gasteiger partial charge in [-0.15, -0.1) is 0 Å². The summed E-state index contributed by atoms with van der Waals surface area (Å²) in [6, 6.07) is 5.42. The number of aryl methyl sites for hydroxylation is 1. The van der Waals surface area contributed by atoms with Gasteiger partial charge in [0.15, 0.2) is 0 Å². The van der Waals surface area contributed by atoms with Gasteiger partial charge in [0.2, 0.25) is 0 Å². The van der Waals surface area contributed by atoms with Crippen LogP contribution in [0.2, 0.25) is 0 Å². The summed E-state index contributed by atoms with van der Waals surface area (Å²) in [5.74, 6) is -0.378. The highest BCUT2D eigenvalue weighted by atomic mass is 16.5. The van der Waals surface area contributed by atoms with Crippen LogP contribution in [0.4, 0.5) is 0 Å². The fourth-order valence-corrected chi connectivity index (χ4v) is 1.77. The van der Waals surface area contributed by atoms with Crippen LogP contribution in [0.1, 0.15) is 29.2 Å². The van der Waals surface area contributed by atoms with E-state index >= 15 is 0 Å². The van der Waals surface area contributed by atoms with Crippen molar-refractivity contribution in [2.75, 3.05) is 7.11 Å². The molecule has 17 heavy (non-hydrogen) atoms. The molecule has 0 spiro atoms. The molecule has 0 aliphatic carbocycles. The molecule has 0 atom stereocenters. The van der Waals surface area contributed by atoms with E-state index in [1.165, 1.54) is 7.11 Å². The lowest BCUT2D eigenvalue weighted by atomic mass is 9.95. The van der Waals surface area contributed by atoms with Gasteiger partial charge in [-0.2, -0.15) is 5.26 Å². The number of nitriles is 1. The number of nitrogens with zero attached hydrogens (tertiary/aromatic N) is 1. The molecule has 0 fully saturated rings. The van der Waals surface area contributed by atoms with E-state index in [0.29, 0.717) is 17.5 Å². The fraction of sp³-hybridized carbons (Fsp3) is 0.385. The van der Waals surface area contributed by atoms with Crippen LogP contribution in [0.3, 0.4) is 0 Å². The number of methoxy groups -OCH3 is 1. The maximum absolute atomic E-state index is 11.3. The van der Waals surface area contributed by atoms with Gasteiger partial charge in [0.25, 0.3) is 0 Å². The summed E-state index contributed by atoms with van der Waals surface area (Å²) in [4.78, 5) is 11.3. The van der Waals surface area contributed by atoms with Gasteiger partial charge in [-0.1, -0.05) is 6.92 Å². The number of aliphatic hydroxyl groups excluding tert-OH is 1. The number of hydrogen-bond donors (Lipinski definition) is 1. The van der Waals surface area contributed by atoms with E-state index in [4.69, 9.17) is 5.26 Å². The number of aliphatic hydroxyl groups is 1. The number of rotatable bonds is 4. The van der Waals surface area contributed by atoms with Crippen molar-refractivity contribution in [3.63, 3.8) is 0 Å². The van der Waals surface area contributed by atoms with E-state index in [2.05, 4.69) is 10.8 Å². The molecule has 0 saturated heterocycles. The van der Waals surface area contributed by atoms with Gasteiger partial charge in [-0.05, 0) is 35.2 Å². The van der Waals surface area contributed by atoms with Gasteiger partial charge in [-0.3, -0.25) is 4.79 Å². The Bertz CT molecular complexity index is 460. The Balaban J connectivity index is 3.25. The zero-order valence-corrected chi connectivity index (χ0v) is 9.99.